The molecule has 0 heterocycles. The molecule has 0 radical (unpaired) electrons. The predicted octanol–water partition coefficient (Wildman–Crippen LogP) is 4.38. The third-order valence-electron chi connectivity index (χ3n) is 11.9. The number of nitrogens with one attached hydrogen (secondary N) is 2. The van der Waals surface area contributed by atoms with Gasteiger partial charge in [0.2, 0.25) is 20.0 Å². The van der Waals surface area contributed by atoms with E-state index >= 15 is 0 Å². The molecule has 0 spiro atoms. The van der Waals surface area contributed by atoms with Crippen LogP contribution >= 0.6 is 0 Å². The van der Waals surface area contributed by atoms with Crippen molar-refractivity contribution in [1.29, 1.82) is 0 Å². The molecule has 0 fully saturated rings. The van der Waals surface area contributed by atoms with Crippen molar-refractivity contribution in [1.82, 2.24) is 19.2 Å². The van der Waals surface area contributed by atoms with Crippen molar-refractivity contribution in [2.45, 2.75) is 93.0 Å². The Hall–Kier alpha value is -3.72. The summed E-state index contributed by atoms with van der Waals surface area (Å²) in [5, 5.41) is 19.6. The lowest BCUT2D eigenvalue weighted by Crippen LogP contribution is -2.38. The number of nitrogens with two attached hydrogens (primary N) is 2. The summed E-state index contributed by atoms with van der Waals surface area (Å²) in [4.78, 5) is 25.9. The third kappa shape index (κ3) is 13.4. The lowest BCUT2D eigenvalue weighted by molar-refractivity contribution is -0.870. The fraction of sp³-hybridized carbons (Fsp3) is 0.609. The summed E-state index contributed by atoms with van der Waals surface area (Å²) >= 11 is 0. The van der Waals surface area contributed by atoms with Crippen molar-refractivity contribution in [3.05, 3.63) is 36.4 Å². The Morgan fingerprint density at radius 1 is 0.688 bits per heavy atom. The number of benzene rings is 4. The minimum atomic E-state index is -4.33. The summed E-state index contributed by atoms with van der Waals surface area (Å²) in [5.74, 6) is -0.349. The third-order valence-corrected chi connectivity index (χ3v) is 15.7. The van der Waals surface area contributed by atoms with Crippen molar-refractivity contribution in [3.8, 4) is 5.75 Å². The maximum atomic E-state index is 14.8. The maximum absolute atomic E-state index is 14.8. The second-order valence-electron chi connectivity index (χ2n) is 18.2. The number of nitrogens with zero attached hydrogens (tertiary/aromatic N) is 4. The molecule has 7 N–H and O–H groups in total. The fourth-order valence-corrected chi connectivity index (χ4v) is 11.1. The van der Waals surface area contributed by atoms with E-state index in [0.717, 1.165) is 53.2 Å². The van der Waals surface area contributed by atoms with E-state index in [1.165, 1.54) is 35.7 Å². The number of hydrogen-bond donors (Lipinski definition) is 5. The average molecular weight is 932 g/mol. The molecule has 0 amide bonds. The zero-order valence-corrected chi connectivity index (χ0v) is 41.0. The average Bonchev–Trinajstić information content (AvgIpc) is 3.23. The molecule has 0 saturated heterocycles. The molecule has 4 aromatic rings. The smallest absolute Gasteiger partial charge is 0.320 e. The molecule has 0 aliphatic rings. The van der Waals surface area contributed by atoms with Crippen molar-refractivity contribution in [3.63, 3.8) is 0 Å². The number of carbonyl (C=O) groups is 2. The standard InChI is InChI=1S/C46H74N8O8S2/c1-33(55)38(17-9-11-23-47)49-25-15-27-52(4)63(58,59)42-32-43(64(60,61)53(5)28-16-26-50-39(46(56)57)18-10-12-24-48)37-22-20-35-41(62-30-14-13-29-54(6,7)8)31-40(51(2)3)34-19-21-36(42)45(37)44(34)35/h19-22,31-32,38-39,49-50H,9-18,23-30,47-48H2,1-8H3/p+1. The number of carboxylic acid groups (broad SMARTS) is 1. The first-order chi connectivity index (χ1) is 30.2. The van der Waals surface area contributed by atoms with Gasteiger partial charge in [0.05, 0.1) is 50.1 Å². The van der Waals surface area contributed by atoms with Crippen molar-refractivity contribution in [2.75, 3.05) is 107 Å². The van der Waals surface area contributed by atoms with E-state index in [9.17, 15) is 31.5 Å². The first-order valence-electron chi connectivity index (χ1n) is 22.6. The first-order valence-corrected chi connectivity index (χ1v) is 25.5. The van der Waals surface area contributed by atoms with Crippen LogP contribution in [0.2, 0.25) is 0 Å². The number of hydrogen-bond acceptors (Lipinski definition) is 12. The minimum Gasteiger partial charge on any atom is -0.493 e. The number of carboxylic acids is 1. The van der Waals surface area contributed by atoms with Crippen molar-refractivity contribution >= 4 is 69.8 Å². The van der Waals surface area contributed by atoms with Crippen LogP contribution in [0.1, 0.15) is 71.1 Å². The molecule has 358 valence electrons. The summed E-state index contributed by atoms with van der Waals surface area (Å²) in [6.07, 6.45) is 6.51. The number of aliphatic carboxylic acids is 1. The molecule has 2 atom stereocenters. The Morgan fingerprint density at radius 2 is 1.17 bits per heavy atom. The highest BCUT2D eigenvalue weighted by molar-refractivity contribution is 7.90. The van der Waals surface area contributed by atoms with E-state index in [2.05, 4.69) is 31.8 Å². The predicted molar refractivity (Wildman–Crippen MR) is 259 cm³/mol. The van der Waals surface area contributed by atoms with Gasteiger partial charge in [-0.1, -0.05) is 31.0 Å². The molecule has 4 rings (SSSR count). The largest absolute Gasteiger partial charge is 0.493 e. The van der Waals surface area contributed by atoms with Crippen LogP contribution in [0.5, 0.6) is 5.75 Å². The van der Waals surface area contributed by atoms with Crippen LogP contribution in [0.4, 0.5) is 5.69 Å². The van der Waals surface area contributed by atoms with Gasteiger partial charge in [-0.05, 0) is 96.6 Å². The maximum Gasteiger partial charge on any atom is 0.320 e. The van der Waals surface area contributed by atoms with Gasteiger partial charge in [0.1, 0.15) is 17.6 Å². The molecule has 0 bridgehead atoms. The molecular formula is C46H75N8O8S2+. The number of carbonyl (C=O) groups excluding carboxylic acids is 1. The number of Topliss-reactive ketones (excluding diaryl/α,β-unsaturated/α-hetero) is 1. The molecule has 18 heteroatoms. The summed E-state index contributed by atoms with van der Waals surface area (Å²) in [6, 6.07) is 9.41. The molecule has 0 saturated carbocycles. The number of anilines is 1. The summed E-state index contributed by atoms with van der Waals surface area (Å²) in [7, 11) is 4.62. The van der Waals surface area contributed by atoms with Gasteiger partial charge in [0, 0.05) is 85.4 Å². The molecule has 0 aromatic heterocycles. The van der Waals surface area contributed by atoms with Crippen molar-refractivity contribution < 1.29 is 40.8 Å². The quantitative estimate of drug-likeness (QED) is 0.0269. The highest BCUT2D eigenvalue weighted by Gasteiger charge is 2.32. The fourth-order valence-electron chi connectivity index (χ4n) is 8.15. The molecule has 2 unspecified atom stereocenters. The van der Waals surface area contributed by atoms with Gasteiger partial charge in [-0.2, -0.15) is 0 Å². The van der Waals surface area contributed by atoms with Gasteiger partial charge in [0.15, 0.2) is 0 Å². The Morgan fingerprint density at radius 3 is 1.66 bits per heavy atom. The van der Waals surface area contributed by atoms with Crippen LogP contribution in [-0.2, 0) is 29.6 Å². The van der Waals surface area contributed by atoms with Gasteiger partial charge in [-0.25, -0.2) is 25.4 Å². The van der Waals surface area contributed by atoms with Gasteiger partial charge >= 0.3 is 5.97 Å². The second-order valence-corrected chi connectivity index (χ2v) is 22.2. The number of quaternary nitrogens is 1. The van der Waals surface area contributed by atoms with Crippen molar-refractivity contribution in [2.24, 2.45) is 11.5 Å². The lowest BCUT2D eigenvalue weighted by Gasteiger charge is -2.26. The normalized spacial score (nSPS) is 13.8. The topological polar surface area (TPSA) is 218 Å². The first kappa shape index (κ1) is 52.9. The second kappa shape index (κ2) is 23.6. The zero-order chi connectivity index (χ0) is 47.4. The summed E-state index contributed by atoms with van der Waals surface area (Å²) in [5.41, 5.74) is 12.1. The van der Waals surface area contributed by atoms with Crippen LogP contribution in [0.3, 0.4) is 0 Å². The molecular weight excluding hydrogens is 857 g/mol. The van der Waals surface area contributed by atoms with E-state index in [1.54, 1.807) is 12.1 Å². The van der Waals surface area contributed by atoms with E-state index in [0.29, 0.717) is 92.1 Å². The monoisotopic (exact) mass is 932 g/mol. The molecule has 0 aliphatic carbocycles. The number of sulfonamides is 2. The van der Waals surface area contributed by atoms with Gasteiger partial charge in [-0.15, -0.1) is 0 Å². The van der Waals surface area contributed by atoms with Gasteiger partial charge in [0.25, 0.3) is 0 Å². The molecule has 4 aromatic carbocycles. The van der Waals surface area contributed by atoms with Crippen LogP contribution in [0.15, 0.2) is 46.2 Å². The Bertz CT molecular complexity index is 2300. The van der Waals surface area contributed by atoms with E-state index in [4.69, 9.17) is 16.2 Å². The summed E-state index contributed by atoms with van der Waals surface area (Å²) in [6.45, 7) is 4.82. The molecule has 64 heavy (non-hydrogen) atoms. The van der Waals surface area contributed by atoms with Crippen LogP contribution < -0.4 is 31.7 Å². The van der Waals surface area contributed by atoms with Crippen LogP contribution in [-0.4, -0.2) is 161 Å². The lowest BCUT2D eigenvalue weighted by atomic mass is 9.92. The number of ether oxygens (including phenoxy) is 1. The highest BCUT2D eigenvalue weighted by atomic mass is 32.2. The molecule has 0 aliphatic heterocycles. The number of rotatable bonds is 31. The van der Waals surface area contributed by atoms with Gasteiger partial charge < -0.3 is 41.3 Å². The van der Waals surface area contributed by atoms with Gasteiger partial charge in [-0.3, -0.25) is 9.59 Å². The highest BCUT2D eigenvalue weighted by Crippen LogP contribution is 2.46. The van der Waals surface area contributed by atoms with E-state index in [1.807, 2.05) is 37.2 Å². The number of unbranched alkanes of at least 4 members (excludes halogenated alkanes) is 3. The number of ketones is 1. The molecule has 16 nitrogen and oxygen atoms in total. The zero-order valence-electron chi connectivity index (χ0n) is 39.4. The Balaban J connectivity index is 1.80. The van der Waals surface area contributed by atoms with Crippen LogP contribution in [0, 0.1) is 0 Å². The SMILES string of the molecule is CC(=O)C(CCCCN)NCCCN(C)S(=O)(=O)c1cc(S(=O)(=O)N(C)CCCNC(CCCCN)C(=O)O)c2ccc3c(OCCCC[N+](C)(C)C)cc(N(C)C)c4ccc1c2c34. The van der Waals surface area contributed by atoms with Crippen LogP contribution in [0.25, 0.3) is 32.3 Å². The van der Waals surface area contributed by atoms with E-state index < -0.39 is 32.1 Å². The Kier molecular flexibility index (Phi) is 19.5. The van der Waals surface area contributed by atoms with E-state index in [-0.39, 0.29) is 41.3 Å². The Labute approximate surface area is 381 Å². The minimum absolute atomic E-state index is 0.00948. The summed E-state index contributed by atoms with van der Waals surface area (Å²) < 4.78 is 69.0.